The van der Waals surface area contributed by atoms with Crippen LogP contribution in [0.4, 0.5) is 4.79 Å². The molecule has 0 aromatic carbocycles. The Morgan fingerprint density at radius 2 is 1.64 bits per heavy atom. The number of rotatable bonds is 0. The standard InChI is InChI=1S/C5H7NO5/c1-10-4(8)3(7)6-5(9)11-2/h1-2H3,(H,6,7,9). The molecular weight excluding hydrogens is 154 g/mol. The minimum atomic E-state index is -1.15. The van der Waals surface area contributed by atoms with E-state index in [1.54, 1.807) is 5.32 Å². The normalized spacial score (nSPS) is 8.18. The molecule has 0 aliphatic carbocycles. The van der Waals surface area contributed by atoms with Crippen LogP contribution in [0.3, 0.4) is 0 Å². The Balaban J connectivity index is 3.88. The summed E-state index contributed by atoms with van der Waals surface area (Å²) in [5, 5.41) is 1.61. The molecule has 0 radical (unpaired) electrons. The van der Waals surface area contributed by atoms with Crippen LogP contribution in [0.2, 0.25) is 0 Å². The fourth-order valence-electron chi connectivity index (χ4n) is 0.287. The van der Waals surface area contributed by atoms with Gasteiger partial charge in [0.05, 0.1) is 14.2 Å². The molecule has 0 bridgehead atoms. The fraction of sp³-hybridized carbons (Fsp3) is 0.400. The molecule has 0 saturated heterocycles. The van der Waals surface area contributed by atoms with Gasteiger partial charge in [0.15, 0.2) is 0 Å². The second-order valence-corrected chi connectivity index (χ2v) is 1.44. The molecule has 11 heavy (non-hydrogen) atoms. The van der Waals surface area contributed by atoms with Crippen LogP contribution in [0.25, 0.3) is 0 Å². The molecule has 0 aromatic rings. The molecule has 0 aromatic heterocycles. The monoisotopic (exact) mass is 161 g/mol. The van der Waals surface area contributed by atoms with Crippen LogP contribution in [0.5, 0.6) is 0 Å². The van der Waals surface area contributed by atoms with E-state index in [0.29, 0.717) is 0 Å². The van der Waals surface area contributed by atoms with Crippen molar-refractivity contribution in [2.75, 3.05) is 14.2 Å². The summed E-state index contributed by atoms with van der Waals surface area (Å²) in [5.41, 5.74) is 0. The Kier molecular flexibility index (Phi) is 3.65. The van der Waals surface area contributed by atoms with Gasteiger partial charge in [-0.05, 0) is 0 Å². The van der Waals surface area contributed by atoms with E-state index in [1.807, 2.05) is 0 Å². The molecule has 0 heterocycles. The molecule has 6 heteroatoms. The van der Waals surface area contributed by atoms with Gasteiger partial charge >= 0.3 is 18.0 Å². The SMILES string of the molecule is COC(=O)NC(=O)C(=O)OC. The molecule has 0 aliphatic rings. The Bertz CT molecular complexity index is 187. The lowest BCUT2D eigenvalue weighted by atomic mass is 10.6. The number of hydrogen-bond donors (Lipinski definition) is 1. The summed E-state index contributed by atoms with van der Waals surface area (Å²) in [6.07, 6.45) is -1.000. The second-order valence-electron chi connectivity index (χ2n) is 1.44. The molecular formula is C5H7NO5. The highest BCUT2D eigenvalue weighted by Crippen LogP contribution is 1.76. The predicted molar refractivity (Wildman–Crippen MR) is 32.6 cm³/mol. The van der Waals surface area contributed by atoms with Gasteiger partial charge in [0.2, 0.25) is 0 Å². The summed E-state index contributed by atoms with van der Waals surface area (Å²) in [6, 6.07) is 0. The number of ether oxygens (including phenoxy) is 2. The molecule has 6 nitrogen and oxygen atoms in total. The van der Waals surface area contributed by atoms with Crippen molar-refractivity contribution in [2.24, 2.45) is 0 Å². The van der Waals surface area contributed by atoms with Gasteiger partial charge in [-0.3, -0.25) is 10.1 Å². The van der Waals surface area contributed by atoms with Crippen molar-refractivity contribution in [1.82, 2.24) is 5.32 Å². The molecule has 0 saturated carbocycles. The van der Waals surface area contributed by atoms with E-state index in [2.05, 4.69) is 9.47 Å². The van der Waals surface area contributed by atoms with Crippen molar-refractivity contribution in [2.45, 2.75) is 0 Å². The molecule has 0 spiro atoms. The summed E-state index contributed by atoms with van der Waals surface area (Å²) in [5.74, 6) is -2.30. The molecule has 0 fully saturated rings. The predicted octanol–water partition coefficient (Wildman–Crippen LogP) is -0.958. The summed E-state index contributed by atoms with van der Waals surface area (Å²) in [4.78, 5) is 31.1. The van der Waals surface area contributed by atoms with Gasteiger partial charge in [0.25, 0.3) is 0 Å². The van der Waals surface area contributed by atoms with Crippen molar-refractivity contribution in [1.29, 1.82) is 0 Å². The first-order valence-corrected chi connectivity index (χ1v) is 2.59. The van der Waals surface area contributed by atoms with E-state index in [4.69, 9.17) is 0 Å². The van der Waals surface area contributed by atoms with Crippen LogP contribution < -0.4 is 5.32 Å². The topological polar surface area (TPSA) is 81.7 Å². The summed E-state index contributed by atoms with van der Waals surface area (Å²) in [6.45, 7) is 0. The highest BCUT2D eigenvalue weighted by Gasteiger charge is 2.16. The summed E-state index contributed by atoms with van der Waals surface area (Å²) < 4.78 is 8.04. The van der Waals surface area contributed by atoms with E-state index in [9.17, 15) is 14.4 Å². The average Bonchev–Trinajstić information content (AvgIpc) is 2.02. The number of amides is 2. The smallest absolute Gasteiger partial charge is 0.414 e. The van der Waals surface area contributed by atoms with Gasteiger partial charge in [0, 0.05) is 0 Å². The molecule has 2 amide bonds. The van der Waals surface area contributed by atoms with E-state index in [-0.39, 0.29) is 0 Å². The Morgan fingerprint density at radius 3 is 2.00 bits per heavy atom. The average molecular weight is 161 g/mol. The fourth-order valence-corrected chi connectivity index (χ4v) is 0.287. The highest BCUT2D eigenvalue weighted by atomic mass is 16.5. The number of hydrogen-bond acceptors (Lipinski definition) is 5. The first-order chi connectivity index (χ1) is 5.11. The number of imide groups is 1. The zero-order valence-corrected chi connectivity index (χ0v) is 6.04. The lowest BCUT2D eigenvalue weighted by molar-refractivity contribution is -0.152. The van der Waals surface area contributed by atoms with Crippen LogP contribution in [0.15, 0.2) is 0 Å². The number of carbonyl (C=O) groups excluding carboxylic acids is 3. The van der Waals surface area contributed by atoms with Crippen molar-refractivity contribution >= 4 is 18.0 Å². The van der Waals surface area contributed by atoms with Crippen molar-refractivity contribution in [3.8, 4) is 0 Å². The molecule has 1 N–H and O–H groups in total. The maximum atomic E-state index is 10.5. The summed E-state index contributed by atoms with van der Waals surface area (Å²) >= 11 is 0. The maximum absolute atomic E-state index is 10.5. The summed E-state index contributed by atoms with van der Waals surface area (Å²) in [7, 11) is 2.10. The van der Waals surface area contributed by atoms with E-state index in [0.717, 1.165) is 14.2 Å². The van der Waals surface area contributed by atoms with Gasteiger partial charge in [0.1, 0.15) is 0 Å². The molecule has 0 atom stereocenters. The molecule has 0 aliphatic heterocycles. The lowest BCUT2D eigenvalue weighted by Gasteiger charge is -1.98. The van der Waals surface area contributed by atoms with E-state index in [1.165, 1.54) is 0 Å². The minimum absolute atomic E-state index is 1.000. The van der Waals surface area contributed by atoms with Crippen LogP contribution in [0.1, 0.15) is 0 Å². The molecule has 0 rings (SSSR count). The van der Waals surface area contributed by atoms with Crippen LogP contribution in [0, 0.1) is 0 Å². The zero-order chi connectivity index (χ0) is 8.85. The lowest BCUT2D eigenvalue weighted by Crippen LogP contribution is -2.36. The quantitative estimate of drug-likeness (QED) is 0.365. The third kappa shape index (κ3) is 3.19. The number of carbonyl (C=O) groups is 3. The Hall–Kier alpha value is -1.59. The zero-order valence-electron chi connectivity index (χ0n) is 6.04. The van der Waals surface area contributed by atoms with Gasteiger partial charge in [-0.2, -0.15) is 0 Å². The minimum Gasteiger partial charge on any atom is -0.462 e. The van der Waals surface area contributed by atoms with Gasteiger partial charge < -0.3 is 9.47 Å². The third-order valence-corrected chi connectivity index (χ3v) is 0.772. The van der Waals surface area contributed by atoms with Gasteiger partial charge in [-0.15, -0.1) is 0 Å². The first kappa shape index (κ1) is 9.41. The van der Waals surface area contributed by atoms with E-state index < -0.39 is 18.0 Å². The van der Waals surface area contributed by atoms with Gasteiger partial charge in [-0.25, -0.2) is 9.59 Å². The second kappa shape index (κ2) is 4.26. The van der Waals surface area contributed by atoms with Crippen molar-refractivity contribution < 1.29 is 23.9 Å². The van der Waals surface area contributed by atoms with E-state index >= 15 is 0 Å². The largest absolute Gasteiger partial charge is 0.462 e. The Morgan fingerprint density at radius 1 is 1.09 bits per heavy atom. The third-order valence-electron chi connectivity index (χ3n) is 0.772. The van der Waals surface area contributed by atoms with Crippen molar-refractivity contribution in [3.05, 3.63) is 0 Å². The Labute approximate surface area is 62.5 Å². The first-order valence-electron chi connectivity index (χ1n) is 2.59. The maximum Gasteiger partial charge on any atom is 0.414 e. The molecule has 62 valence electrons. The van der Waals surface area contributed by atoms with Crippen LogP contribution in [-0.2, 0) is 19.1 Å². The number of nitrogens with one attached hydrogen (secondary N) is 1. The number of esters is 1. The van der Waals surface area contributed by atoms with Crippen LogP contribution >= 0.6 is 0 Å². The number of alkyl carbamates (subject to hydrolysis) is 1. The van der Waals surface area contributed by atoms with Gasteiger partial charge in [-0.1, -0.05) is 0 Å². The number of methoxy groups -OCH3 is 2. The highest BCUT2D eigenvalue weighted by molar-refractivity contribution is 6.34. The van der Waals surface area contributed by atoms with Crippen molar-refractivity contribution in [3.63, 3.8) is 0 Å². The van der Waals surface area contributed by atoms with Crippen LogP contribution in [-0.4, -0.2) is 32.2 Å². The molecule has 0 unspecified atom stereocenters.